The number of hydrogen-bond acceptors (Lipinski definition) is 3. The molecule has 0 fully saturated rings. The molecule has 0 spiro atoms. The van der Waals surface area contributed by atoms with Gasteiger partial charge in [-0.25, -0.2) is 4.79 Å². The summed E-state index contributed by atoms with van der Waals surface area (Å²) in [5, 5.41) is 3.06. The minimum Gasteiger partial charge on any atom is -0.370 e. The third-order valence-corrected chi connectivity index (χ3v) is 0.511. The van der Waals surface area contributed by atoms with Gasteiger partial charge in [-0.1, -0.05) is 0 Å². The fourth-order valence-electron chi connectivity index (χ4n) is 0.264. The van der Waals surface area contributed by atoms with Gasteiger partial charge in [-0.2, -0.15) is 4.99 Å². The van der Waals surface area contributed by atoms with Gasteiger partial charge < -0.3 is 22.0 Å². The van der Waals surface area contributed by atoms with E-state index in [0.29, 0.717) is 0 Å². The van der Waals surface area contributed by atoms with E-state index in [9.17, 15) is 4.79 Å². The zero-order chi connectivity index (χ0) is 8.85. The van der Waals surface area contributed by atoms with Crippen molar-refractivity contribution in [2.75, 3.05) is 0 Å². The third kappa shape index (κ3) is 6.09. The Morgan fingerprint density at radius 2 is 1.91 bits per heavy atom. The van der Waals surface area contributed by atoms with E-state index < -0.39 is 5.97 Å². The van der Waals surface area contributed by atoms with E-state index in [-0.39, 0.29) is 11.9 Å². The summed E-state index contributed by atoms with van der Waals surface area (Å²) in [6.45, 7) is 1.17. The molecule has 0 aliphatic heterocycles. The first-order chi connectivity index (χ1) is 5.02. The summed E-state index contributed by atoms with van der Waals surface area (Å²) in [6, 6.07) is 0. The van der Waals surface area contributed by atoms with Gasteiger partial charge in [-0.15, -0.1) is 0 Å². The Hall–Kier alpha value is -1.79. The number of nitrogens with zero attached hydrogens (tertiary/aromatic N) is 2. The van der Waals surface area contributed by atoms with Crippen LogP contribution in [-0.4, -0.2) is 17.9 Å². The highest BCUT2D eigenvalue weighted by Crippen LogP contribution is 1.78. The smallest absolute Gasteiger partial charge is 0.332 e. The lowest BCUT2D eigenvalue weighted by atomic mass is 10.8. The summed E-state index contributed by atoms with van der Waals surface area (Å²) in [7, 11) is 0. The maximum Gasteiger partial charge on any atom is 0.332 e. The van der Waals surface area contributed by atoms with E-state index >= 15 is 0 Å². The van der Waals surface area contributed by atoms with Crippen molar-refractivity contribution in [1.29, 1.82) is 0 Å². The van der Waals surface area contributed by atoms with Crippen molar-refractivity contribution in [3.05, 3.63) is 0 Å². The molecule has 0 rings (SSSR count). The molecule has 62 valence electrons. The molecule has 0 heterocycles. The number of hydrogen-bond donors (Lipinski definition) is 3. The minimum absolute atomic E-state index is 0.251. The molecule has 0 aromatic carbocycles. The molecule has 0 aromatic heterocycles. The van der Waals surface area contributed by atoms with Crippen molar-refractivity contribution in [2.24, 2.45) is 27.3 Å². The molecule has 0 radical (unpaired) electrons. The van der Waals surface area contributed by atoms with Crippen LogP contribution in [0.3, 0.4) is 0 Å². The molecule has 0 aliphatic carbocycles. The molecular formula is C4H9N5O2. The number of aliphatic imine (C=N–C) groups is 1. The van der Waals surface area contributed by atoms with E-state index in [0.717, 1.165) is 0 Å². The van der Waals surface area contributed by atoms with Crippen LogP contribution in [0, 0.1) is 0 Å². The molecule has 0 aliphatic rings. The van der Waals surface area contributed by atoms with Crippen LogP contribution in [0.5, 0.6) is 0 Å². The second kappa shape index (κ2) is 4.09. The van der Waals surface area contributed by atoms with Crippen LogP contribution in [0.25, 0.3) is 0 Å². The quantitative estimate of drug-likeness (QED) is 0.177. The number of carbonyl (C=O) groups is 1. The summed E-state index contributed by atoms with van der Waals surface area (Å²) >= 11 is 0. The van der Waals surface area contributed by atoms with Gasteiger partial charge in [-0.3, -0.25) is 0 Å². The Balaban J connectivity index is 4.02. The largest absolute Gasteiger partial charge is 0.370 e. The second-order valence-corrected chi connectivity index (χ2v) is 1.57. The Kier molecular flexibility index (Phi) is 3.43. The van der Waals surface area contributed by atoms with Crippen molar-refractivity contribution in [1.82, 2.24) is 0 Å². The fourth-order valence-corrected chi connectivity index (χ4v) is 0.264. The van der Waals surface area contributed by atoms with Crippen LogP contribution in [0.4, 0.5) is 0 Å². The normalized spacial score (nSPS) is 10.5. The van der Waals surface area contributed by atoms with E-state index in [1.807, 2.05) is 0 Å². The van der Waals surface area contributed by atoms with Gasteiger partial charge >= 0.3 is 5.97 Å². The van der Waals surface area contributed by atoms with E-state index in [2.05, 4.69) is 15.0 Å². The number of oxime groups is 1. The van der Waals surface area contributed by atoms with Gasteiger partial charge in [0.2, 0.25) is 0 Å². The van der Waals surface area contributed by atoms with Gasteiger partial charge in [-0.05, 0) is 5.16 Å². The third-order valence-electron chi connectivity index (χ3n) is 0.511. The zero-order valence-corrected chi connectivity index (χ0v) is 5.94. The molecule has 0 unspecified atom stereocenters. The van der Waals surface area contributed by atoms with Crippen molar-refractivity contribution in [3.8, 4) is 0 Å². The first-order valence-corrected chi connectivity index (χ1v) is 2.63. The molecule has 11 heavy (non-hydrogen) atoms. The monoisotopic (exact) mass is 159 g/mol. The molecule has 0 bridgehead atoms. The molecule has 0 saturated heterocycles. The summed E-state index contributed by atoms with van der Waals surface area (Å²) in [5.74, 6) is -1.16. The van der Waals surface area contributed by atoms with E-state index in [4.69, 9.17) is 17.2 Å². The molecular weight excluding hydrogens is 150 g/mol. The number of carbonyl (C=O) groups excluding carboxylic acids is 1. The Bertz CT molecular complexity index is 205. The summed E-state index contributed by atoms with van der Waals surface area (Å²) < 4.78 is 0. The van der Waals surface area contributed by atoms with E-state index in [1.54, 1.807) is 0 Å². The van der Waals surface area contributed by atoms with Gasteiger partial charge in [0.25, 0.3) is 5.96 Å². The predicted octanol–water partition coefficient (Wildman–Crippen LogP) is -1.95. The summed E-state index contributed by atoms with van der Waals surface area (Å²) in [6.07, 6.45) is 0. The average Bonchev–Trinajstić information content (AvgIpc) is 1.82. The molecule has 0 aromatic rings. The Labute approximate surface area is 62.9 Å². The van der Waals surface area contributed by atoms with Crippen LogP contribution >= 0.6 is 0 Å². The Morgan fingerprint density at radius 1 is 1.36 bits per heavy atom. The van der Waals surface area contributed by atoms with Crippen molar-refractivity contribution < 1.29 is 9.63 Å². The van der Waals surface area contributed by atoms with Crippen LogP contribution in [0.15, 0.2) is 10.1 Å². The van der Waals surface area contributed by atoms with E-state index in [1.165, 1.54) is 6.92 Å². The van der Waals surface area contributed by atoms with Gasteiger partial charge in [0.05, 0.1) is 0 Å². The lowest BCUT2D eigenvalue weighted by molar-refractivity contribution is -0.140. The fraction of sp³-hybridized carbons (Fsp3) is 0.250. The highest BCUT2D eigenvalue weighted by molar-refractivity contribution is 5.92. The zero-order valence-electron chi connectivity index (χ0n) is 5.94. The SMILES string of the molecule is CC(=O)O/N=C(\N)N=C(N)N. The molecule has 7 nitrogen and oxygen atoms in total. The van der Waals surface area contributed by atoms with Crippen LogP contribution in [0.2, 0.25) is 0 Å². The Morgan fingerprint density at radius 3 is 2.27 bits per heavy atom. The number of nitrogens with two attached hydrogens (primary N) is 3. The van der Waals surface area contributed by atoms with Crippen molar-refractivity contribution in [3.63, 3.8) is 0 Å². The molecule has 7 heteroatoms. The first kappa shape index (κ1) is 9.21. The highest BCUT2D eigenvalue weighted by Gasteiger charge is 1.91. The molecule has 0 saturated carbocycles. The topological polar surface area (TPSA) is 129 Å². The lowest BCUT2D eigenvalue weighted by Crippen LogP contribution is -2.26. The average molecular weight is 159 g/mol. The first-order valence-electron chi connectivity index (χ1n) is 2.63. The molecule has 6 N–H and O–H groups in total. The molecule has 0 amide bonds. The predicted molar refractivity (Wildman–Crippen MR) is 39.2 cm³/mol. The lowest BCUT2D eigenvalue weighted by Gasteiger charge is -1.92. The van der Waals surface area contributed by atoms with Crippen molar-refractivity contribution >= 4 is 17.9 Å². The van der Waals surface area contributed by atoms with Crippen LogP contribution in [-0.2, 0) is 9.63 Å². The summed E-state index contributed by atoms with van der Waals surface area (Å²) in [4.78, 5) is 17.5. The highest BCUT2D eigenvalue weighted by atomic mass is 16.7. The number of rotatable bonds is 1. The van der Waals surface area contributed by atoms with Crippen LogP contribution in [0.1, 0.15) is 6.92 Å². The van der Waals surface area contributed by atoms with Gasteiger partial charge in [0.15, 0.2) is 5.96 Å². The maximum absolute atomic E-state index is 10.1. The van der Waals surface area contributed by atoms with Gasteiger partial charge in [0, 0.05) is 6.92 Å². The number of guanidine groups is 2. The summed E-state index contributed by atoms with van der Waals surface area (Å²) in [5.41, 5.74) is 14.9. The van der Waals surface area contributed by atoms with Crippen LogP contribution < -0.4 is 17.2 Å². The van der Waals surface area contributed by atoms with Gasteiger partial charge in [0.1, 0.15) is 0 Å². The van der Waals surface area contributed by atoms with Crippen molar-refractivity contribution in [2.45, 2.75) is 6.92 Å². The second-order valence-electron chi connectivity index (χ2n) is 1.57. The minimum atomic E-state index is -0.598. The molecule has 0 atom stereocenters. The standard InChI is InChI=1S/C4H9N5O2/c1-2(10)11-9-4(7)8-3(5)6/h1H3,(H6,5,6,7,8,9). The maximum atomic E-state index is 10.1.